The molecule has 0 bridgehead atoms. The Morgan fingerprint density at radius 3 is 2.86 bits per heavy atom. The number of nitrogens with one attached hydrogen (secondary N) is 1. The molecule has 7 nitrogen and oxygen atoms in total. The standard InChI is InChI=1S/C15H27N3O4/c1-17-9-16-12-5-13(15(20)21-2)18(7-14(12)17)6-10-3-4-11(8-19)22-10/h10-14,16,19H,3-9H2,1-2H3. The van der Waals surface area contributed by atoms with Crippen LogP contribution in [-0.4, -0.2) is 91.7 Å². The Kier molecular flexibility index (Phi) is 4.99. The van der Waals surface area contributed by atoms with E-state index in [0.717, 1.165) is 39.0 Å². The van der Waals surface area contributed by atoms with Crippen molar-refractivity contribution in [1.29, 1.82) is 0 Å². The van der Waals surface area contributed by atoms with Gasteiger partial charge in [0.2, 0.25) is 0 Å². The molecule has 3 aliphatic heterocycles. The van der Waals surface area contributed by atoms with Gasteiger partial charge >= 0.3 is 5.97 Å². The maximum absolute atomic E-state index is 12.2. The maximum atomic E-state index is 12.2. The molecule has 0 aliphatic carbocycles. The van der Waals surface area contributed by atoms with Crippen LogP contribution >= 0.6 is 0 Å². The molecule has 126 valence electrons. The Morgan fingerprint density at radius 2 is 2.18 bits per heavy atom. The van der Waals surface area contributed by atoms with E-state index < -0.39 is 0 Å². The van der Waals surface area contributed by atoms with Crippen molar-refractivity contribution in [2.75, 3.05) is 40.5 Å². The number of nitrogens with zero attached hydrogens (tertiary/aromatic N) is 2. The number of aliphatic hydroxyl groups is 1. The minimum absolute atomic E-state index is 0.0464. The third kappa shape index (κ3) is 3.14. The van der Waals surface area contributed by atoms with Crippen LogP contribution in [0, 0.1) is 0 Å². The molecular weight excluding hydrogens is 286 g/mol. The van der Waals surface area contributed by atoms with Crippen LogP contribution in [0.1, 0.15) is 19.3 Å². The Bertz CT molecular complexity index is 408. The highest BCUT2D eigenvalue weighted by atomic mass is 16.5. The van der Waals surface area contributed by atoms with Gasteiger partial charge in [0.05, 0.1) is 25.9 Å². The predicted molar refractivity (Wildman–Crippen MR) is 80.3 cm³/mol. The van der Waals surface area contributed by atoms with Crippen LogP contribution in [-0.2, 0) is 14.3 Å². The van der Waals surface area contributed by atoms with E-state index in [-0.39, 0.29) is 30.8 Å². The first-order chi connectivity index (χ1) is 10.6. The molecule has 0 saturated carbocycles. The summed E-state index contributed by atoms with van der Waals surface area (Å²) in [7, 11) is 3.57. The zero-order chi connectivity index (χ0) is 15.7. The number of piperidine rings is 1. The van der Waals surface area contributed by atoms with Crippen LogP contribution in [0.2, 0.25) is 0 Å². The van der Waals surface area contributed by atoms with E-state index in [2.05, 4.69) is 22.2 Å². The average molecular weight is 313 g/mol. The fourth-order valence-corrected chi connectivity index (χ4v) is 3.98. The summed E-state index contributed by atoms with van der Waals surface area (Å²) in [6, 6.07) is 0.568. The number of esters is 1. The second-order valence-electron chi connectivity index (χ2n) is 6.66. The van der Waals surface area contributed by atoms with Crippen molar-refractivity contribution < 1.29 is 19.4 Å². The van der Waals surface area contributed by atoms with Gasteiger partial charge in [0.1, 0.15) is 6.04 Å². The van der Waals surface area contributed by atoms with Gasteiger partial charge in [0, 0.05) is 31.8 Å². The van der Waals surface area contributed by atoms with Crippen molar-refractivity contribution >= 4 is 5.97 Å². The van der Waals surface area contributed by atoms with Crippen molar-refractivity contribution in [1.82, 2.24) is 15.1 Å². The number of rotatable bonds is 4. The molecule has 3 aliphatic rings. The van der Waals surface area contributed by atoms with Crippen molar-refractivity contribution in [2.24, 2.45) is 0 Å². The smallest absolute Gasteiger partial charge is 0.323 e. The van der Waals surface area contributed by atoms with Crippen molar-refractivity contribution in [3.63, 3.8) is 0 Å². The van der Waals surface area contributed by atoms with Crippen LogP contribution < -0.4 is 5.32 Å². The lowest BCUT2D eigenvalue weighted by molar-refractivity contribution is -0.150. The summed E-state index contributed by atoms with van der Waals surface area (Å²) in [4.78, 5) is 16.7. The predicted octanol–water partition coefficient (Wildman–Crippen LogP) is -0.997. The highest BCUT2D eigenvalue weighted by Crippen LogP contribution is 2.28. The Morgan fingerprint density at radius 1 is 1.41 bits per heavy atom. The molecule has 0 aromatic heterocycles. The van der Waals surface area contributed by atoms with Crippen LogP contribution in [0.5, 0.6) is 0 Å². The zero-order valence-electron chi connectivity index (χ0n) is 13.4. The minimum atomic E-state index is -0.206. The highest BCUT2D eigenvalue weighted by Gasteiger charge is 2.44. The summed E-state index contributed by atoms with van der Waals surface area (Å²) in [6.07, 6.45) is 2.66. The average Bonchev–Trinajstić information content (AvgIpc) is 3.13. The van der Waals surface area contributed by atoms with Gasteiger partial charge in [-0.3, -0.25) is 19.9 Å². The van der Waals surface area contributed by atoms with E-state index >= 15 is 0 Å². The molecule has 3 fully saturated rings. The number of methoxy groups -OCH3 is 1. The molecule has 0 aromatic carbocycles. The first-order valence-electron chi connectivity index (χ1n) is 8.14. The molecule has 3 heterocycles. The number of likely N-dealkylation sites (N-methyl/N-ethyl adjacent to an activating group) is 1. The Balaban J connectivity index is 1.66. The van der Waals surface area contributed by atoms with E-state index in [1.165, 1.54) is 7.11 Å². The third-order valence-corrected chi connectivity index (χ3v) is 5.28. The second kappa shape index (κ2) is 6.80. The normalized spacial score (nSPS) is 39.9. The zero-order valence-corrected chi connectivity index (χ0v) is 13.4. The van der Waals surface area contributed by atoms with Gasteiger partial charge in [0.15, 0.2) is 0 Å². The molecule has 3 rings (SSSR count). The molecule has 5 unspecified atom stereocenters. The summed E-state index contributed by atoms with van der Waals surface area (Å²) >= 11 is 0. The van der Waals surface area contributed by atoms with Crippen LogP contribution in [0.3, 0.4) is 0 Å². The topological polar surface area (TPSA) is 74.3 Å². The molecule has 5 atom stereocenters. The van der Waals surface area contributed by atoms with Crippen molar-refractivity contribution in [3.05, 3.63) is 0 Å². The second-order valence-corrected chi connectivity index (χ2v) is 6.66. The van der Waals surface area contributed by atoms with Crippen molar-refractivity contribution in [3.8, 4) is 0 Å². The molecular formula is C15H27N3O4. The largest absolute Gasteiger partial charge is 0.468 e. The lowest BCUT2D eigenvalue weighted by Gasteiger charge is -2.42. The molecule has 2 N–H and O–H groups in total. The first kappa shape index (κ1) is 16.1. The van der Waals surface area contributed by atoms with Gasteiger partial charge in [0.25, 0.3) is 0 Å². The van der Waals surface area contributed by atoms with Gasteiger partial charge in [-0.05, 0) is 26.3 Å². The van der Waals surface area contributed by atoms with E-state index in [9.17, 15) is 9.90 Å². The summed E-state index contributed by atoms with van der Waals surface area (Å²) in [5.74, 6) is -0.161. The molecule has 0 aromatic rings. The monoisotopic (exact) mass is 313 g/mol. The fraction of sp³-hybridized carbons (Fsp3) is 0.933. The number of likely N-dealkylation sites (tertiary alicyclic amines) is 1. The molecule has 22 heavy (non-hydrogen) atoms. The molecule has 3 saturated heterocycles. The number of carbonyl (C=O) groups is 1. The first-order valence-corrected chi connectivity index (χ1v) is 8.14. The summed E-state index contributed by atoms with van der Waals surface area (Å²) in [5, 5.41) is 12.7. The lowest BCUT2D eigenvalue weighted by Crippen LogP contribution is -2.59. The van der Waals surface area contributed by atoms with Gasteiger partial charge in [-0.1, -0.05) is 0 Å². The quantitative estimate of drug-likeness (QED) is 0.645. The fourth-order valence-electron chi connectivity index (χ4n) is 3.98. The molecule has 0 radical (unpaired) electrons. The van der Waals surface area contributed by atoms with E-state index in [0.29, 0.717) is 12.1 Å². The van der Waals surface area contributed by atoms with E-state index in [4.69, 9.17) is 9.47 Å². The van der Waals surface area contributed by atoms with Gasteiger partial charge in [-0.2, -0.15) is 0 Å². The summed E-state index contributed by atoms with van der Waals surface area (Å²) in [5.41, 5.74) is 0. The number of aliphatic hydroxyl groups excluding tert-OH is 1. The molecule has 0 spiro atoms. The highest BCUT2D eigenvalue weighted by molar-refractivity contribution is 5.76. The number of hydrogen-bond acceptors (Lipinski definition) is 7. The summed E-state index contributed by atoms with van der Waals surface area (Å²) in [6.45, 7) is 2.52. The van der Waals surface area contributed by atoms with E-state index in [1.807, 2.05) is 0 Å². The third-order valence-electron chi connectivity index (χ3n) is 5.28. The maximum Gasteiger partial charge on any atom is 0.323 e. The number of carbonyl (C=O) groups excluding carboxylic acids is 1. The van der Waals surface area contributed by atoms with Crippen LogP contribution in [0.25, 0.3) is 0 Å². The van der Waals surface area contributed by atoms with E-state index in [1.54, 1.807) is 0 Å². The number of hydrogen-bond donors (Lipinski definition) is 2. The summed E-state index contributed by atoms with van der Waals surface area (Å²) < 4.78 is 10.8. The Labute approximate surface area is 131 Å². The Hall–Kier alpha value is -0.730. The van der Waals surface area contributed by atoms with Crippen molar-refractivity contribution in [2.45, 2.75) is 49.6 Å². The number of ether oxygens (including phenoxy) is 2. The van der Waals surface area contributed by atoms with Gasteiger partial charge in [-0.15, -0.1) is 0 Å². The van der Waals surface area contributed by atoms with Crippen LogP contribution in [0.15, 0.2) is 0 Å². The van der Waals surface area contributed by atoms with Gasteiger partial charge in [-0.25, -0.2) is 0 Å². The SMILES string of the molecule is COC(=O)C1CC2NCN(C)C2CN1CC1CCC(CO)O1. The van der Waals surface area contributed by atoms with Gasteiger partial charge < -0.3 is 14.6 Å². The molecule has 0 amide bonds. The number of fused-ring (bicyclic) bond motifs is 1. The van der Waals surface area contributed by atoms with Crippen LogP contribution in [0.4, 0.5) is 0 Å². The lowest BCUT2D eigenvalue weighted by atomic mass is 9.93. The minimum Gasteiger partial charge on any atom is -0.468 e. The molecule has 7 heteroatoms.